The monoisotopic (exact) mass is 262 g/mol. The van der Waals surface area contributed by atoms with Crippen molar-refractivity contribution in [2.75, 3.05) is 5.75 Å². The minimum absolute atomic E-state index is 0.174. The summed E-state index contributed by atoms with van der Waals surface area (Å²) in [6, 6.07) is 4.33. The zero-order chi connectivity index (χ0) is 12.9. The highest BCUT2D eigenvalue weighted by Crippen LogP contribution is 2.29. The molecule has 0 atom stereocenters. The molecule has 0 aliphatic carbocycles. The average molecular weight is 262 g/mol. The summed E-state index contributed by atoms with van der Waals surface area (Å²) in [5.41, 5.74) is -0.410. The van der Waals surface area contributed by atoms with E-state index in [4.69, 9.17) is 0 Å². The van der Waals surface area contributed by atoms with E-state index in [1.165, 1.54) is 12.1 Å². The number of halogens is 3. The molecule has 0 aliphatic rings. The summed E-state index contributed by atoms with van der Waals surface area (Å²) in [5, 5.41) is -0.174. The van der Waals surface area contributed by atoms with Crippen LogP contribution in [0.2, 0.25) is 0 Å². The van der Waals surface area contributed by atoms with E-state index >= 15 is 0 Å². The summed E-state index contributed by atoms with van der Waals surface area (Å²) in [4.78, 5) is 11.6. The molecule has 0 spiro atoms. The molecule has 0 radical (unpaired) electrons. The number of alkyl halides is 3. The standard InChI is InChI=1S/C12H13F3OS/c1-2-3-8-17-11(16)9-4-6-10(7-5-9)12(13,14)15/h4-7H,2-3,8H2,1H3. The average Bonchev–Trinajstić information content (AvgIpc) is 2.28. The van der Waals surface area contributed by atoms with Gasteiger partial charge in [-0.05, 0) is 30.7 Å². The first-order valence-electron chi connectivity index (χ1n) is 5.29. The molecule has 0 bridgehead atoms. The highest BCUT2D eigenvalue weighted by Gasteiger charge is 2.30. The Bertz CT molecular complexity index is 370. The van der Waals surface area contributed by atoms with E-state index in [1.807, 2.05) is 6.92 Å². The lowest BCUT2D eigenvalue weighted by Gasteiger charge is -2.06. The molecule has 0 saturated heterocycles. The molecule has 1 aromatic rings. The van der Waals surface area contributed by atoms with Gasteiger partial charge in [0.1, 0.15) is 0 Å². The summed E-state index contributed by atoms with van der Waals surface area (Å²) >= 11 is 1.15. The number of rotatable bonds is 4. The van der Waals surface area contributed by atoms with Gasteiger partial charge in [0.25, 0.3) is 0 Å². The molecular formula is C12H13F3OS. The third kappa shape index (κ3) is 4.42. The second-order valence-corrected chi connectivity index (χ2v) is 4.63. The Hall–Kier alpha value is -0.970. The lowest BCUT2D eigenvalue weighted by molar-refractivity contribution is -0.137. The van der Waals surface area contributed by atoms with Crippen molar-refractivity contribution in [1.82, 2.24) is 0 Å². The minimum atomic E-state index is -4.35. The van der Waals surface area contributed by atoms with Gasteiger partial charge in [0.2, 0.25) is 5.12 Å². The summed E-state index contributed by atoms with van der Waals surface area (Å²) in [7, 11) is 0. The first kappa shape index (κ1) is 14.1. The van der Waals surface area contributed by atoms with Crippen LogP contribution in [0, 0.1) is 0 Å². The minimum Gasteiger partial charge on any atom is -0.282 e. The number of hydrogen-bond acceptors (Lipinski definition) is 2. The molecule has 0 N–H and O–H groups in total. The smallest absolute Gasteiger partial charge is 0.282 e. The SMILES string of the molecule is CCCCSC(=O)c1ccc(C(F)(F)F)cc1. The summed E-state index contributed by atoms with van der Waals surface area (Å²) in [6.07, 6.45) is -2.43. The number of hydrogen-bond donors (Lipinski definition) is 0. The largest absolute Gasteiger partial charge is 0.416 e. The third-order valence-electron chi connectivity index (χ3n) is 2.18. The van der Waals surface area contributed by atoms with Gasteiger partial charge >= 0.3 is 6.18 Å². The fourth-order valence-corrected chi connectivity index (χ4v) is 2.11. The fraction of sp³-hybridized carbons (Fsp3) is 0.417. The van der Waals surface area contributed by atoms with Crippen LogP contribution in [0.1, 0.15) is 35.7 Å². The molecule has 94 valence electrons. The zero-order valence-corrected chi connectivity index (χ0v) is 10.2. The second-order valence-electron chi connectivity index (χ2n) is 3.56. The van der Waals surface area contributed by atoms with Crippen molar-refractivity contribution in [2.45, 2.75) is 25.9 Å². The van der Waals surface area contributed by atoms with Crippen LogP contribution in [0.3, 0.4) is 0 Å². The van der Waals surface area contributed by atoms with Crippen molar-refractivity contribution in [2.24, 2.45) is 0 Å². The van der Waals surface area contributed by atoms with Crippen molar-refractivity contribution < 1.29 is 18.0 Å². The van der Waals surface area contributed by atoms with E-state index in [0.717, 1.165) is 36.7 Å². The molecule has 0 heterocycles. The van der Waals surface area contributed by atoms with Gasteiger partial charge in [-0.1, -0.05) is 25.1 Å². The summed E-state index contributed by atoms with van der Waals surface area (Å²) < 4.78 is 36.8. The maximum atomic E-state index is 12.3. The molecule has 0 aromatic heterocycles. The topological polar surface area (TPSA) is 17.1 Å². The van der Waals surface area contributed by atoms with E-state index in [9.17, 15) is 18.0 Å². The highest BCUT2D eigenvalue weighted by molar-refractivity contribution is 8.14. The van der Waals surface area contributed by atoms with E-state index in [-0.39, 0.29) is 5.12 Å². The fourth-order valence-electron chi connectivity index (χ4n) is 1.19. The lowest BCUT2D eigenvalue weighted by atomic mass is 10.1. The molecule has 0 saturated carbocycles. The van der Waals surface area contributed by atoms with Gasteiger partial charge in [0.05, 0.1) is 5.56 Å². The van der Waals surface area contributed by atoms with Gasteiger partial charge in [-0.3, -0.25) is 4.79 Å². The van der Waals surface area contributed by atoms with Crippen LogP contribution in [0.15, 0.2) is 24.3 Å². The van der Waals surface area contributed by atoms with Crippen molar-refractivity contribution in [1.29, 1.82) is 0 Å². The van der Waals surface area contributed by atoms with Crippen LogP contribution in [-0.4, -0.2) is 10.9 Å². The molecule has 5 heteroatoms. The van der Waals surface area contributed by atoms with Crippen LogP contribution >= 0.6 is 11.8 Å². The second kappa shape index (κ2) is 6.10. The molecule has 0 aliphatic heterocycles. The normalized spacial score (nSPS) is 11.5. The molecule has 0 unspecified atom stereocenters. The van der Waals surface area contributed by atoms with E-state index < -0.39 is 11.7 Å². The number of carbonyl (C=O) groups excluding carboxylic acids is 1. The number of unbranched alkanes of at least 4 members (excludes halogenated alkanes) is 1. The van der Waals surface area contributed by atoms with Crippen molar-refractivity contribution in [3.05, 3.63) is 35.4 Å². The van der Waals surface area contributed by atoms with Gasteiger partial charge in [-0.2, -0.15) is 13.2 Å². The van der Waals surface area contributed by atoms with Gasteiger partial charge in [-0.25, -0.2) is 0 Å². The maximum Gasteiger partial charge on any atom is 0.416 e. The van der Waals surface area contributed by atoms with Crippen LogP contribution in [0.5, 0.6) is 0 Å². The Kier molecular flexibility index (Phi) is 5.05. The Morgan fingerprint density at radius 3 is 2.29 bits per heavy atom. The number of thioether (sulfide) groups is 1. The molecule has 1 rings (SSSR count). The van der Waals surface area contributed by atoms with Gasteiger partial charge in [-0.15, -0.1) is 0 Å². The third-order valence-corrected chi connectivity index (χ3v) is 3.17. The van der Waals surface area contributed by atoms with E-state index in [2.05, 4.69) is 0 Å². The van der Waals surface area contributed by atoms with Crippen molar-refractivity contribution in [3.8, 4) is 0 Å². The van der Waals surface area contributed by atoms with Crippen molar-refractivity contribution >= 4 is 16.9 Å². The predicted molar refractivity (Wildman–Crippen MR) is 63.1 cm³/mol. The molecule has 1 aromatic carbocycles. The lowest BCUT2D eigenvalue weighted by Crippen LogP contribution is -2.05. The first-order valence-corrected chi connectivity index (χ1v) is 6.28. The zero-order valence-electron chi connectivity index (χ0n) is 9.38. The van der Waals surface area contributed by atoms with Crippen LogP contribution in [0.25, 0.3) is 0 Å². The highest BCUT2D eigenvalue weighted by atomic mass is 32.2. The Balaban J connectivity index is 2.64. The number of carbonyl (C=O) groups is 1. The van der Waals surface area contributed by atoms with Crippen LogP contribution < -0.4 is 0 Å². The number of benzene rings is 1. The summed E-state index contributed by atoms with van der Waals surface area (Å²) in [5.74, 6) is 0.705. The summed E-state index contributed by atoms with van der Waals surface area (Å²) in [6.45, 7) is 2.02. The first-order chi connectivity index (χ1) is 7.95. The Morgan fingerprint density at radius 2 is 1.82 bits per heavy atom. The maximum absolute atomic E-state index is 12.3. The quantitative estimate of drug-likeness (QED) is 0.749. The van der Waals surface area contributed by atoms with Crippen LogP contribution in [-0.2, 0) is 6.18 Å². The predicted octanol–water partition coefficient (Wildman–Crippen LogP) is 4.38. The van der Waals surface area contributed by atoms with E-state index in [0.29, 0.717) is 11.3 Å². The molecule has 0 amide bonds. The Morgan fingerprint density at radius 1 is 1.24 bits per heavy atom. The molecule has 17 heavy (non-hydrogen) atoms. The Labute approximate surface area is 102 Å². The van der Waals surface area contributed by atoms with E-state index in [1.54, 1.807) is 0 Å². The van der Waals surface area contributed by atoms with Crippen LogP contribution in [0.4, 0.5) is 13.2 Å². The van der Waals surface area contributed by atoms with Gasteiger partial charge in [0.15, 0.2) is 0 Å². The molecule has 1 nitrogen and oxygen atoms in total. The molecule has 0 fully saturated rings. The van der Waals surface area contributed by atoms with Gasteiger partial charge < -0.3 is 0 Å². The molecular weight excluding hydrogens is 249 g/mol. The van der Waals surface area contributed by atoms with Gasteiger partial charge in [0, 0.05) is 11.3 Å². The van der Waals surface area contributed by atoms with Crippen molar-refractivity contribution in [3.63, 3.8) is 0 Å².